The second kappa shape index (κ2) is 10.6. The van der Waals surface area contributed by atoms with Crippen molar-refractivity contribution in [3.63, 3.8) is 0 Å². The van der Waals surface area contributed by atoms with Gasteiger partial charge in [0.25, 0.3) is 0 Å². The number of rotatable bonds is 8. The molecule has 0 saturated heterocycles. The van der Waals surface area contributed by atoms with Crippen molar-refractivity contribution in [1.82, 2.24) is 0 Å². The van der Waals surface area contributed by atoms with Crippen LogP contribution in [0.3, 0.4) is 0 Å². The van der Waals surface area contributed by atoms with Crippen LogP contribution in [-0.4, -0.2) is 44.1 Å². The summed E-state index contributed by atoms with van der Waals surface area (Å²) in [5.41, 5.74) is -5.07. The Bertz CT molecular complexity index is 1290. The number of carbonyl (C=O) groups is 1. The molecule has 0 bridgehead atoms. The molecule has 0 amide bonds. The van der Waals surface area contributed by atoms with Crippen LogP contribution in [0.4, 0.5) is 42.1 Å². The minimum absolute atomic E-state index is 0.134. The van der Waals surface area contributed by atoms with E-state index in [-0.39, 0.29) is 5.69 Å². The molecule has 0 fully saturated rings. The number of benzene rings is 2. The van der Waals surface area contributed by atoms with E-state index in [0.717, 1.165) is 24.0 Å². The van der Waals surface area contributed by atoms with Crippen LogP contribution in [0.15, 0.2) is 41.3 Å². The fraction of sp³-hybridized carbons (Fsp3) is 0.458. The molecule has 6 nitrogen and oxygen atoms in total. The van der Waals surface area contributed by atoms with Crippen molar-refractivity contribution in [3.8, 4) is 5.75 Å². The Balaban J connectivity index is 2.26. The summed E-state index contributed by atoms with van der Waals surface area (Å²) in [6.45, 7) is 0.285. The largest absolute Gasteiger partial charge is 0.492 e. The third kappa shape index (κ3) is 6.51. The van der Waals surface area contributed by atoms with Crippen LogP contribution in [0.5, 0.6) is 5.75 Å². The Labute approximate surface area is 213 Å². The van der Waals surface area contributed by atoms with E-state index in [1.807, 2.05) is 0 Å². The SMILES string of the molecule is C[C@H](COc1cc2c(cc1C(F)(F)F)N(c1cccc(F)c1)CC(CCC(C)(F)F)[C@H](F)S2(=O)=O)C(=O)O. The number of hydrogen-bond donors (Lipinski definition) is 1. The van der Waals surface area contributed by atoms with Gasteiger partial charge >= 0.3 is 12.1 Å². The van der Waals surface area contributed by atoms with Crippen LogP contribution in [0.2, 0.25) is 0 Å². The number of anilines is 2. The molecule has 0 spiro atoms. The summed E-state index contributed by atoms with van der Waals surface area (Å²) in [6.07, 6.45) is -6.68. The Kier molecular flexibility index (Phi) is 8.25. The average molecular weight is 572 g/mol. The Morgan fingerprint density at radius 3 is 2.39 bits per heavy atom. The molecule has 3 rings (SSSR count). The van der Waals surface area contributed by atoms with E-state index < -0.39 is 99.0 Å². The van der Waals surface area contributed by atoms with Crippen molar-refractivity contribution in [2.24, 2.45) is 11.8 Å². The van der Waals surface area contributed by atoms with Gasteiger partial charge in [-0.05, 0) is 44.5 Å². The van der Waals surface area contributed by atoms with Crippen LogP contribution in [0.25, 0.3) is 0 Å². The third-order valence-corrected chi connectivity index (χ3v) is 7.95. The smallest absolute Gasteiger partial charge is 0.420 e. The van der Waals surface area contributed by atoms with Crippen molar-refractivity contribution in [2.75, 3.05) is 18.1 Å². The van der Waals surface area contributed by atoms with Crippen molar-refractivity contribution < 1.29 is 53.8 Å². The van der Waals surface area contributed by atoms with E-state index in [1.54, 1.807) is 0 Å². The van der Waals surface area contributed by atoms with Crippen molar-refractivity contribution in [1.29, 1.82) is 0 Å². The Hall–Kier alpha value is -3.03. The first-order chi connectivity index (χ1) is 17.4. The van der Waals surface area contributed by atoms with Crippen LogP contribution < -0.4 is 9.64 Å². The minimum atomic E-state index is -5.13. The molecular weight excluding hydrogens is 547 g/mol. The van der Waals surface area contributed by atoms with Crippen molar-refractivity contribution in [2.45, 2.75) is 49.2 Å². The van der Waals surface area contributed by atoms with Gasteiger partial charge in [-0.15, -0.1) is 0 Å². The van der Waals surface area contributed by atoms with Gasteiger partial charge in [-0.2, -0.15) is 13.2 Å². The van der Waals surface area contributed by atoms with Crippen LogP contribution >= 0.6 is 0 Å². The van der Waals surface area contributed by atoms with Gasteiger partial charge in [0.15, 0.2) is 0 Å². The number of halogens is 7. The van der Waals surface area contributed by atoms with Gasteiger partial charge in [-0.3, -0.25) is 4.79 Å². The molecule has 0 aromatic heterocycles. The lowest BCUT2D eigenvalue weighted by Gasteiger charge is -2.29. The molecule has 0 aliphatic carbocycles. The molecule has 2 aromatic rings. The Morgan fingerprint density at radius 1 is 1.18 bits per heavy atom. The number of carboxylic acids is 1. The highest BCUT2D eigenvalue weighted by atomic mass is 32.2. The van der Waals surface area contributed by atoms with E-state index in [9.17, 15) is 39.6 Å². The molecule has 1 aliphatic heterocycles. The number of nitrogens with zero attached hydrogens (tertiary/aromatic N) is 1. The summed E-state index contributed by atoms with van der Waals surface area (Å²) in [5, 5.41) is 9.02. The average Bonchev–Trinajstić information content (AvgIpc) is 2.87. The first-order valence-corrected chi connectivity index (χ1v) is 12.9. The molecule has 1 unspecified atom stereocenters. The standard InChI is InChI=1S/C24H24F7NO5S/c1-13(22(33)34)12-37-19-10-20-18(9-17(19)24(29,30)31)32(16-5-3-4-15(25)8-16)11-14(6-7-23(2,27)28)21(26)38(20,35)36/h3-5,8-10,13-14,21H,6-7,11-12H2,1-2H3,(H,33,34)/t13-,14?,21-/m1/s1. The van der Waals surface area contributed by atoms with E-state index in [2.05, 4.69) is 0 Å². The molecule has 14 heteroatoms. The summed E-state index contributed by atoms with van der Waals surface area (Å²) >= 11 is 0. The van der Waals surface area contributed by atoms with Crippen LogP contribution in [0.1, 0.15) is 32.3 Å². The second-order valence-electron chi connectivity index (χ2n) is 9.22. The lowest BCUT2D eigenvalue weighted by Crippen LogP contribution is -2.32. The lowest BCUT2D eigenvalue weighted by atomic mass is 10.00. The number of fused-ring (bicyclic) bond motifs is 1. The van der Waals surface area contributed by atoms with Crippen LogP contribution in [0, 0.1) is 17.7 Å². The normalized spacial score (nSPS) is 20.4. The topological polar surface area (TPSA) is 83.9 Å². The van der Waals surface area contributed by atoms with Gasteiger partial charge in [0.05, 0.1) is 22.1 Å². The maximum Gasteiger partial charge on any atom is 0.420 e. The summed E-state index contributed by atoms with van der Waals surface area (Å²) < 4.78 is 130. The monoisotopic (exact) mass is 571 g/mol. The molecule has 38 heavy (non-hydrogen) atoms. The fourth-order valence-electron chi connectivity index (χ4n) is 3.96. The molecule has 1 heterocycles. The number of ether oxygens (including phenoxy) is 1. The van der Waals surface area contributed by atoms with Crippen LogP contribution in [-0.2, 0) is 20.8 Å². The van der Waals surface area contributed by atoms with Gasteiger partial charge in [0, 0.05) is 30.6 Å². The highest BCUT2D eigenvalue weighted by Gasteiger charge is 2.45. The molecule has 1 aliphatic rings. The van der Waals surface area contributed by atoms with Crippen molar-refractivity contribution >= 4 is 27.2 Å². The van der Waals surface area contributed by atoms with E-state index in [1.165, 1.54) is 12.1 Å². The third-order valence-electron chi connectivity index (χ3n) is 6.03. The summed E-state index contributed by atoms with van der Waals surface area (Å²) in [5.74, 6) is -9.45. The maximum atomic E-state index is 15.5. The summed E-state index contributed by atoms with van der Waals surface area (Å²) in [6, 6.07) is 5.18. The zero-order chi connectivity index (χ0) is 28.6. The highest BCUT2D eigenvalue weighted by Crippen LogP contribution is 2.47. The van der Waals surface area contributed by atoms with Gasteiger partial charge in [-0.25, -0.2) is 26.0 Å². The number of aliphatic carboxylic acids is 1. The van der Waals surface area contributed by atoms with E-state index in [4.69, 9.17) is 9.84 Å². The minimum Gasteiger partial charge on any atom is -0.492 e. The molecule has 3 atom stereocenters. The first kappa shape index (κ1) is 29.5. The zero-order valence-electron chi connectivity index (χ0n) is 20.1. The number of carboxylic acid groups (broad SMARTS) is 1. The van der Waals surface area contributed by atoms with E-state index in [0.29, 0.717) is 19.1 Å². The molecule has 0 radical (unpaired) electrons. The maximum absolute atomic E-state index is 15.5. The van der Waals surface area contributed by atoms with E-state index >= 15 is 4.39 Å². The zero-order valence-corrected chi connectivity index (χ0v) is 20.9. The van der Waals surface area contributed by atoms with Gasteiger partial charge in [0.1, 0.15) is 18.2 Å². The molecular formula is C24H24F7NO5S. The van der Waals surface area contributed by atoms with Gasteiger partial charge < -0.3 is 14.7 Å². The first-order valence-electron chi connectivity index (χ1n) is 11.3. The predicted molar refractivity (Wildman–Crippen MR) is 123 cm³/mol. The second-order valence-corrected chi connectivity index (χ2v) is 11.2. The molecule has 0 saturated carbocycles. The lowest BCUT2D eigenvalue weighted by molar-refractivity contribution is -0.142. The van der Waals surface area contributed by atoms with Gasteiger partial charge in [0.2, 0.25) is 21.3 Å². The molecule has 1 N–H and O–H groups in total. The number of sulfone groups is 1. The molecule has 2 aromatic carbocycles. The quantitative estimate of drug-likeness (QED) is 0.379. The predicted octanol–water partition coefficient (Wildman–Crippen LogP) is 6.22. The van der Waals surface area contributed by atoms with Crippen molar-refractivity contribution in [3.05, 3.63) is 47.8 Å². The number of alkyl halides is 6. The highest BCUT2D eigenvalue weighted by molar-refractivity contribution is 7.92. The number of hydrogen-bond acceptors (Lipinski definition) is 5. The fourth-order valence-corrected chi connectivity index (χ4v) is 5.66. The summed E-state index contributed by atoms with van der Waals surface area (Å²) in [4.78, 5) is 11.1. The Morgan fingerprint density at radius 2 is 1.84 bits per heavy atom. The summed E-state index contributed by atoms with van der Waals surface area (Å²) in [7, 11) is -5.08. The molecule has 210 valence electrons. The van der Waals surface area contributed by atoms with Gasteiger partial charge in [-0.1, -0.05) is 6.07 Å².